The van der Waals surface area contributed by atoms with E-state index in [0.717, 1.165) is 0 Å². The van der Waals surface area contributed by atoms with Gasteiger partial charge in [-0.05, 0) is 6.42 Å². The highest BCUT2D eigenvalue weighted by Crippen LogP contribution is 2.40. The number of halogens is 4. The van der Waals surface area contributed by atoms with Crippen molar-refractivity contribution in [2.45, 2.75) is 44.8 Å². The van der Waals surface area contributed by atoms with Crippen molar-refractivity contribution >= 4 is 0 Å². The second-order valence-electron chi connectivity index (χ2n) is 4.57. The Balaban J connectivity index is 2.40. The Labute approximate surface area is 85.7 Å². The molecule has 0 aromatic carbocycles. The van der Waals surface area contributed by atoms with E-state index in [-0.39, 0.29) is 6.04 Å². The Morgan fingerprint density at radius 2 is 2.00 bits per heavy atom. The molecule has 1 rings (SSSR count). The highest BCUT2D eigenvalue weighted by molar-refractivity contribution is 5.02. The molecule has 0 aromatic heterocycles. The molecule has 0 saturated heterocycles. The van der Waals surface area contributed by atoms with Crippen molar-refractivity contribution in [2.75, 3.05) is 6.54 Å². The molecule has 2 nitrogen and oxygen atoms in total. The van der Waals surface area contributed by atoms with E-state index in [1.54, 1.807) is 13.8 Å². The van der Waals surface area contributed by atoms with E-state index in [0.29, 0.717) is 6.42 Å². The summed E-state index contributed by atoms with van der Waals surface area (Å²) in [6.07, 6.45) is -3.89. The molecule has 2 N–H and O–H groups in total. The van der Waals surface area contributed by atoms with Crippen LogP contribution in [0.15, 0.2) is 0 Å². The molecule has 0 heterocycles. The van der Waals surface area contributed by atoms with Crippen LogP contribution in [0.4, 0.5) is 17.6 Å². The topological polar surface area (TPSA) is 32.3 Å². The summed E-state index contributed by atoms with van der Waals surface area (Å²) in [5, 5.41) is 11.7. The van der Waals surface area contributed by atoms with Gasteiger partial charge in [-0.2, -0.15) is 8.78 Å². The molecular weight excluding hydrogens is 214 g/mol. The minimum atomic E-state index is -4.00. The zero-order valence-electron chi connectivity index (χ0n) is 8.61. The predicted molar refractivity (Wildman–Crippen MR) is 47.1 cm³/mol. The highest BCUT2D eigenvalue weighted by Gasteiger charge is 2.49. The van der Waals surface area contributed by atoms with Crippen LogP contribution < -0.4 is 5.32 Å². The van der Waals surface area contributed by atoms with Gasteiger partial charge < -0.3 is 10.4 Å². The fourth-order valence-electron chi connectivity index (χ4n) is 1.59. The van der Waals surface area contributed by atoms with Gasteiger partial charge in [-0.1, -0.05) is 13.8 Å². The first-order valence-corrected chi connectivity index (χ1v) is 4.75. The van der Waals surface area contributed by atoms with Crippen molar-refractivity contribution in [3.8, 4) is 0 Å². The number of aliphatic hydroxyl groups excluding tert-OH is 1. The molecule has 1 fully saturated rings. The molecule has 15 heavy (non-hydrogen) atoms. The summed E-state index contributed by atoms with van der Waals surface area (Å²) in [6, 6.07) is -0.336. The first-order valence-electron chi connectivity index (χ1n) is 4.75. The molecule has 1 saturated carbocycles. The Bertz CT molecular complexity index is 232. The lowest BCUT2D eigenvalue weighted by atomic mass is 9.64. The summed E-state index contributed by atoms with van der Waals surface area (Å²) in [6.45, 7) is 2.37. The maximum atomic E-state index is 12.5. The maximum Gasteiger partial charge on any atom is 0.319 e. The van der Waals surface area contributed by atoms with Gasteiger partial charge in [-0.3, -0.25) is 0 Å². The molecule has 1 aliphatic carbocycles. The predicted octanol–water partition coefficient (Wildman–Crippen LogP) is 1.64. The normalized spacial score (nSPS) is 30.4. The van der Waals surface area contributed by atoms with E-state index in [1.807, 2.05) is 0 Å². The van der Waals surface area contributed by atoms with Gasteiger partial charge >= 0.3 is 12.3 Å². The average molecular weight is 229 g/mol. The molecule has 2 atom stereocenters. The van der Waals surface area contributed by atoms with Crippen LogP contribution in [-0.4, -0.2) is 36.1 Å². The van der Waals surface area contributed by atoms with Crippen LogP contribution in [0, 0.1) is 5.41 Å². The third kappa shape index (κ3) is 2.42. The van der Waals surface area contributed by atoms with Gasteiger partial charge in [0, 0.05) is 11.5 Å². The van der Waals surface area contributed by atoms with Crippen molar-refractivity contribution in [2.24, 2.45) is 5.41 Å². The fraction of sp³-hybridized carbons (Fsp3) is 1.00. The van der Waals surface area contributed by atoms with E-state index < -0.39 is 30.4 Å². The Morgan fingerprint density at radius 1 is 1.47 bits per heavy atom. The van der Waals surface area contributed by atoms with Gasteiger partial charge in [0.25, 0.3) is 0 Å². The van der Waals surface area contributed by atoms with E-state index in [9.17, 15) is 22.7 Å². The summed E-state index contributed by atoms with van der Waals surface area (Å²) in [5.74, 6) is -4.00. The average Bonchev–Trinajstić information content (AvgIpc) is 2.11. The molecular formula is C9H15F4NO. The minimum absolute atomic E-state index is 0.326. The van der Waals surface area contributed by atoms with Crippen molar-refractivity contribution in [1.29, 1.82) is 0 Å². The van der Waals surface area contributed by atoms with E-state index in [4.69, 9.17) is 0 Å². The largest absolute Gasteiger partial charge is 0.392 e. The molecule has 1 aliphatic rings. The standard InChI is InChI=1S/C9H15F4NO/c1-8(2)5(3-6(8)15)14-4-9(12,13)7(10)11/h5-7,14-15H,3-4H2,1-2H3. The molecule has 0 aromatic rings. The first-order chi connectivity index (χ1) is 6.68. The number of nitrogens with one attached hydrogen (secondary N) is 1. The SMILES string of the molecule is CC1(C)C(O)CC1NCC(F)(F)C(F)F. The van der Waals surface area contributed by atoms with Crippen LogP contribution in [0.2, 0.25) is 0 Å². The molecule has 0 aliphatic heterocycles. The third-order valence-electron chi connectivity index (χ3n) is 3.12. The highest BCUT2D eigenvalue weighted by atomic mass is 19.3. The van der Waals surface area contributed by atoms with Crippen LogP contribution in [0.3, 0.4) is 0 Å². The molecule has 90 valence electrons. The van der Waals surface area contributed by atoms with Crippen molar-refractivity contribution in [1.82, 2.24) is 5.32 Å². The van der Waals surface area contributed by atoms with Gasteiger partial charge in [-0.25, -0.2) is 8.78 Å². The van der Waals surface area contributed by atoms with Crippen LogP contribution in [0.1, 0.15) is 20.3 Å². The molecule has 2 unspecified atom stereocenters. The quantitative estimate of drug-likeness (QED) is 0.718. The van der Waals surface area contributed by atoms with Crippen molar-refractivity contribution < 1.29 is 22.7 Å². The van der Waals surface area contributed by atoms with Gasteiger partial charge in [0.2, 0.25) is 0 Å². The van der Waals surface area contributed by atoms with Gasteiger partial charge in [0.15, 0.2) is 0 Å². The zero-order valence-corrected chi connectivity index (χ0v) is 8.61. The summed E-state index contributed by atoms with van der Waals surface area (Å²) < 4.78 is 48.7. The van der Waals surface area contributed by atoms with Gasteiger partial charge in [0.05, 0.1) is 12.6 Å². The molecule has 0 radical (unpaired) electrons. The summed E-state index contributed by atoms with van der Waals surface area (Å²) in [5.41, 5.74) is -0.530. The van der Waals surface area contributed by atoms with E-state index in [1.165, 1.54) is 0 Å². The second kappa shape index (κ2) is 3.90. The summed E-state index contributed by atoms with van der Waals surface area (Å²) in [4.78, 5) is 0. The fourth-order valence-corrected chi connectivity index (χ4v) is 1.59. The number of alkyl halides is 4. The number of rotatable bonds is 4. The minimum Gasteiger partial charge on any atom is -0.392 e. The Morgan fingerprint density at radius 3 is 2.33 bits per heavy atom. The van der Waals surface area contributed by atoms with Crippen LogP contribution in [0.25, 0.3) is 0 Å². The Hall–Kier alpha value is -0.360. The lowest BCUT2D eigenvalue weighted by Gasteiger charge is -2.50. The van der Waals surface area contributed by atoms with E-state index in [2.05, 4.69) is 5.32 Å². The van der Waals surface area contributed by atoms with Crippen LogP contribution in [0.5, 0.6) is 0 Å². The van der Waals surface area contributed by atoms with Crippen LogP contribution >= 0.6 is 0 Å². The van der Waals surface area contributed by atoms with Crippen LogP contribution in [-0.2, 0) is 0 Å². The molecule has 0 spiro atoms. The second-order valence-corrected chi connectivity index (χ2v) is 4.57. The third-order valence-corrected chi connectivity index (χ3v) is 3.12. The summed E-state index contributed by atoms with van der Waals surface area (Å²) >= 11 is 0. The zero-order chi connectivity index (χ0) is 11.9. The number of hydrogen-bond donors (Lipinski definition) is 2. The lowest BCUT2D eigenvalue weighted by Crippen LogP contribution is -2.61. The van der Waals surface area contributed by atoms with Gasteiger partial charge in [0.1, 0.15) is 0 Å². The molecule has 0 bridgehead atoms. The monoisotopic (exact) mass is 229 g/mol. The number of aliphatic hydroxyl groups is 1. The van der Waals surface area contributed by atoms with Gasteiger partial charge in [-0.15, -0.1) is 0 Å². The molecule has 6 heteroatoms. The van der Waals surface area contributed by atoms with E-state index >= 15 is 0 Å². The maximum absolute atomic E-state index is 12.5. The van der Waals surface area contributed by atoms with Crippen molar-refractivity contribution in [3.05, 3.63) is 0 Å². The van der Waals surface area contributed by atoms with Crippen molar-refractivity contribution in [3.63, 3.8) is 0 Å². The number of hydrogen-bond acceptors (Lipinski definition) is 2. The smallest absolute Gasteiger partial charge is 0.319 e. The first kappa shape index (κ1) is 12.7. The lowest BCUT2D eigenvalue weighted by molar-refractivity contribution is -0.137. The molecule has 0 amide bonds. The Kier molecular flexibility index (Phi) is 3.30. The summed E-state index contributed by atoms with van der Waals surface area (Å²) in [7, 11) is 0.